The monoisotopic (exact) mass is 445 g/mol. The standard InChI is InChI=1S/C18H12Cl2F3N3O3/c1-18(9-3-2-8(19)6-10(9)20)16(28)26(17(29)25-18)7-13(27)24-12-5-4-11(21)14(22)15(12)23/h2-6H,7H2,1H3,(H,24,27)(H,25,29)/t18-/m1/s1. The smallest absolute Gasteiger partial charge is 0.322 e. The first kappa shape index (κ1) is 20.9. The van der Waals surface area contributed by atoms with Gasteiger partial charge in [-0.3, -0.25) is 14.5 Å². The molecular weight excluding hydrogens is 434 g/mol. The minimum absolute atomic E-state index is 0.129. The van der Waals surface area contributed by atoms with Gasteiger partial charge in [-0.1, -0.05) is 29.3 Å². The Morgan fingerprint density at radius 2 is 1.83 bits per heavy atom. The first-order valence-corrected chi connectivity index (χ1v) is 8.83. The van der Waals surface area contributed by atoms with Crippen LogP contribution < -0.4 is 10.6 Å². The molecule has 0 aliphatic carbocycles. The summed E-state index contributed by atoms with van der Waals surface area (Å²) in [4.78, 5) is 37.8. The second-order valence-electron chi connectivity index (χ2n) is 6.34. The highest BCUT2D eigenvalue weighted by Crippen LogP contribution is 2.35. The number of anilines is 1. The Hall–Kier alpha value is -2.78. The number of carbonyl (C=O) groups is 3. The maximum absolute atomic E-state index is 13.7. The van der Waals surface area contributed by atoms with E-state index in [9.17, 15) is 27.6 Å². The van der Waals surface area contributed by atoms with E-state index in [1.807, 2.05) is 5.32 Å². The van der Waals surface area contributed by atoms with Crippen molar-refractivity contribution in [1.29, 1.82) is 0 Å². The second-order valence-corrected chi connectivity index (χ2v) is 7.19. The summed E-state index contributed by atoms with van der Waals surface area (Å²) in [5, 5.41) is 4.90. The van der Waals surface area contributed by atoms with Crippen LogP contribution in [0.4, 0.5) is 23.7 Å². The molecule has 0 bridgehead atoms. The lowest BCUT2D eigenvalue weighted by Gasteiger charge is -2.23. The fourth-order valence-corrected chi connectivity index (χ4v) is 3.47. The Bertz CT molecular complexity index is 1050. The molecule has 11 heteroatoms. The normalized spacial score (nSPS) is 18.8. The van der Waals surface area contributed by atoms with Crippen molar-refractivity contribution in [2.75, 3.05) is 11.9 Å². The fourth-order valence-electron chi connectivity index (χ4n) is 2.87. The highest BCUT2D eigenvalue weighted by molar-refractivity contribution is 6.35. The molecule has 29 heavy (non-hydrogen) atoms. The maximum Gasteiger partial charge on any atom is 0.325 e. The molecule has 0 unspecified atom stereocenters. The maximum atomic E-state index is 13.7. The summed E-state index contributed by atoms with van der Waals surface area (Å²) in [5.41, 5.74) is -1.94. The van der Waals surface area contributed by atoms with Gasteiger partial charge < -0.3 is 10.6 Å². The van der Waals surface area contributed by atoms with Crippen LogP contribution in [-0.2, 0) is 15.1 Å². The molecule has 0 aromatic heterocycles. The number of nitrogens with one attached hydrogen (secondary N) is 2. The number of benzene rings is 2. The van der Waals surface area contributed by atoms with Crippen LogP contribution >= 0.6 is 23.2 Å². The molecule has 1 atom stereocenters. The van der Waals surface area contributed by atoms with Gasteiger partial charge >= 0.3 is 6.03 Å². The average Bonchev–Trinajstić information content (AvgIpc) is 2.86. The van der Waals surface area contributed by atoms with Crippen LogP contribution in [0.3, 0.4) is 0 Å². The lowest BCUT2D eigenvalue weighted by molar-refractivity contribution is -0.133. The van der Waals surface area contributed by atoms with Crippen molar-refractivity contribution in [1.82, 2.24) is 10.2 Å². The van der Waals surface area contributed by atoms with Gasteiger partial charge in [0.1, 0.15) is 12.1 Å². The Morgan fingerprint density at radius 1 is 1.14 bits per heavy atom. The van der Waals surface area contributed by atoms with Crippen molar-refractivity contribution in [2.45, 2.75) is 12.5 Å². The van der Waals surface area contributed by atoms with Crippen LogP contribution in [0.1, 0.15) is 12.5 Å². The summed E-state index contributed by atoms with van der Waals surface area (Å²) in [7, 11) is 0. The summed E-state index contributed by atoms with van der Waals surface area (Å²) in [6, 6.07) is 4.89. The molecule has 0 saturated carbocycles. The van der Waals surface area contributed by atoms with Gasteiger partial charge in [0.05, 0.1) is 5.69 Å². The number of urea groups is 1. The van der Waals surface area contributed by atoms with Gasteiger partial charge in [0.15, 0.2) is 17.5 Å². The van der Waals surface area contributed by atoms with Gasteiger partial charge in [-0.25, -0.2) is 18.0 Å². The van der Waals surface area contributed by atoms with Gasteiger partial charge in [0.2, 0.25) is 5.91 Å². The molecule has 6 nitrogen and oxygen atoms in total. The number of hydrogen-bond acceptors (Lipinski definition) is 3. The third kappa shape index (κ3) is 3.75. The molecule has 4 amide bonds. The zero-order valence-corrected chi connectivity index (χ0v) is 16.2. The van der Waals surface area contributed by atoms with Crippen LogP contribution in [0.2, 0.25) is 10.0 Å². The molecule has 3 rings (SSSR count). The molecular formula is C18H12Cl2F3N3O3. The average molecular weight is 446 g/mol. The van der Waals surface area contributed by atoms with Crippen molar-refractivity contribution < 1.29 is 27.6 Å². The number of imide groups is 1. The predicted molar refractivity (Wildman–Crippen MR) is 99.0 cm³/mol. The summed E-state index contributed by atoms with van der Waals surface area (Å²) in [6.07, 6.45) is 0. The molecule has 2 aromatic rings. The highest BCUT2D eigenvalue weighted by atomic mass is 35.5. The highest BCUT2D eigenvalue weighted by Gasteiger charge is 2.50. The summed E-state index contributed by atoms with van der Waals surface area (Å²) in [5.74, 6) is -6.57. The Labute approximate surface area is 172 Å². The van der Waals surface area contributed by atoms with E-state index in [1.165, 1.54) is 25.1 Å². The van der Waals surface area contributed by atoms with Gasteiger partial charge in [-0.15, -0.1) is 0 Å². The van der Waals surface area contributed by atoms with Crippen molar-refractivity contribution in [3.05, 3.63) is 63.4 Å². The Balaban J connectivity index is 1.80. The second kappa shape index (κ2) is 7.57. The zero-order chi connectivity index (χ0) is 21.5. The fraction of sp³-hybridized carbons (Fsp3) is 0.167. The van der Waals surface area contributed by atoms with Gasteiger partial charge in [-0.2, -0.15) is 0 Å². The van der Waals surface area contributed by atoms with E-state index in [0.29, 0.717) is 16.0 Å². The van der Waals surface area contributed by atoms with Crippen molar-refractivity contribution in [2.24, 2.45) is 0 Å². The lowest BCUT2D eigenvalue weighted by atomic mass is 9.92. The Morgan fingerprint density at radius 3 is 2.48 bits per heavy atom. The lowest BCUT2D eigenvalue weighted by Crippen LogP contribution is -2.42. The van der Waals surface area contributed by atoms with Crippen LogP contribution in [0.15, 0.2) is 30.3 Å². The number of nitrogens with zero attached hydrogens (tertiary/aromatic N) is 1. The molecule has 0 spiro atoms. The largest absolute Gasteiger partial charge is 0.325 e. The molecule has 2 aromatic carbocycles. The molecule has 0 radical (unpaired) electrons. The van der Waals surface area contributed by atoms with Gasteiger partial charge in [0.25, 0.3) is 5.91 Å². The van der Waals surface area contributed by atoms with Crippen LogP contribution in [0.5, 0.6) is 0 Å². The minimum Gasteiger partial charge on any atom is -0.322 e. The van der Waals surface area contributed by atoms with E-state index in [0.717, 1.165) is 6.07 Å². The minimum atomic E-state index is -1.76. The number of amides is 4. The van der Waals surface area contributed by atoms with E-state index >= 15 is 0 Å². The van der Waals surface area contributed by atoms with Crippen LogP contribution in [-0.4, -0.2) is 29.3 Å². The zero-order valence-electron chi connectivity index (χ0n) is 14.7. The van der Waals surface area contributed by atoms with Gasteiger partial charge in [0, 0.05) is 15.6 Å². The van der Waals surface area contributed by atoms with E-state index < -0.39 is 53.1 Å². The van der Waals surface area contributed by atoms with Crippen molar-refractivity contribution >= 4 is 46.7 Å². The van der Waals surface area contributed by atoms with Crippen LogP contribution in [0.25, 0.3) is 0 Å². The quantitative estimate of drug-likeness (QED) is 0.554. The molecule has 1 saturated heterocycles. The third-order valence-electron chi connectivity index (χ3n) is 4.36. The SMILES string of the molecule is C[C@]1(c2ccc(Cl)cc2Cl)NC(=O)N(CC(=O)Nc2ccc(F)c(F)c2F)C1=O. The van der Waals surface area contributed by atoms with Gasteiger partial charge in [-0.05, 0) is 31.2 Å². The summed E-state index contributed by atoms with van der Waals surface area (Å²) < 4.78 is 39.9. The molecule has 1 fully saturated rings. The topological polar surface area (TPSA) is 78.5 Å². The number of hydrogen-bond donors (Lipinski definition) is 2. The van der Waals surface area contributed by atoms with Crippen LogP contribution in [0, 0.1) is 17.5 Å². The van der Waals surface area contributed by atoms with Crippen molar-refractivity contribution in [3.8, 4) is 0 Å². The molecule has 1 aliphatic heterocycles. The summed E-state index contributed by atoms with van der Waals surface area (Å²) >= 11 is 12.0. The van der Waals surface area contributed by atoms with E-state index in [4.69, 9.17) is 23.2 Å². The van der Waals surface area contributed by atoms with E-state index in [1.54, 1.807) is 0 Å². The number of carbonyl (C=O) groups excluding carboxylic acids is 3. The molecule has 1 aliphatic rings. The first-order chi connectivity index (χ1) is 13.5. The van der Waals surface area contributed by atoms with E-state index in [-0.39, 0.29) is 10.6 Å². The van der Waals surface area contributed by atoms with Crippen molar-refractivity contribution in [3.63, 3.8) is 0 Å². The number of halogens is 5. The number of rotatable bonds is 4. The van der Waals surface area contributed by atoms with E-state index in [2.05, 4.69) is 5.32 Å². The summed E-state index contributed by atoms with van der Waals surface area (Å²) in [6.45, 7) is 0.610. The molecule has 1 heterocycles. The Kier molecular flexibility index (Phi) is 5.46. The predicted octanol–water partition coefficient (Wildman–Crippen LogP) is 3.82. The molecule has 2 N–H and O–H groups in total. The molecule has 152 valence electrons. The first-order valence-electron chi connectivity index (χ1n) is 8.07. The third-order valence-corrected chi connectivity index (χ3v) is 4.90.